The van der Waals surface area contributed by atoms with E-state index in [0.717, 1.165) is 17.5 Å². The van der Waals surface area contributed by atoms with Crippen LogP contribution < -0.4 is 0 Å². The monoisotopic (exact) mass is 357 g/mol. The molecule has 27 heavy (non-hydrogen) atoms. The van der Waals surface area contributed by atoms with Crippen molar-refractivity contribution in [3.8, 4) is 17.3 Å². The van der Waals surface area contributed by atoms with E-state index in [4.69, 9.17) is 5.26 Å². The number of nitrogens with zero attached hydrogens (tertiary/aromatic N) is 3. The van der Waals surface area contributed by atoms with Gasteiger partial charge in [-0.05, 0) is 23.6 Å². The van der Waals surface area contributed by atoms with Gasteiger partial charge in [0.15, 0.2) is 0 Å². The number of carboxylic acids is 1. The maximum absolute atomic E-state index is 11.2. The Balaban J connectivity index is 2.05. The molecule has 0 aliphatic carbocycles. The topological polar surface area (TPSA) is 78.9 Å². The van der Waals surface area contributed by atoms with Crippen LogP contribution in [-0.2, 0) is 17.8 Å². The van der Waals surface area contributed by atoms with Crippen molar-refractivity contribution in [3.63, 3.8) is 0 Å². The minimum Gasteiger partial charge on any atom is -0.477 e. The molecule has 0 aliphatic heterocycles. The first kappa shape index (κ1) is 18.2. The molecule has 5 nitrogen and oxygen atoms in total. The van der Waals surface area contributed by atoms with Crippen molar-refractivity contribution in [2.45, 2.75) is 19.9 Å². The maximum atomic E-state index is 11.2. The zero-order valence-electron chi connectivity index (χ0n) is 15.0. The number of carbonyl (C=O) groups is 1. The van der Waals surface area contributed by atoms with E-state index in [1.807, 2.05) is 54.6 Å². The van der Waals surface area contributed by atoms with Crippen molar-refractivity contribution >= 4 is 12.0 Å². The van der Waals surface area contributed by atoms with E-state index in [0.29, 0.717) is 17.8 Å². The number of rotatable bonds is 6. The highest BCUT2D eigenvalue weighted by molar-refractivity contribution is 5.97. The van der Waals surface area contributed by atoms with Gasteiger partial charge in [0, 0.05) is 17.3 Å². The molecule has 0 aliphatic rings. The van der Waals surface area contributed by atoms with Gasteiger partial charge in [0.05, 0.1) is 12.2 Å². The third-order valence-electron chi connectivity index (χ3n) is 4.26. The Labute approximate surface area is 157 Å². The molecule has 0 saturated heterocycles. The van der Waals surface area contributed by atoms with Crippen LogP contribution in [0.5, 0.6) is 0 Å². The molecule has 0 saturated carbocycles. The average molecular weight is 357 g/mol. The van der Waals surface area contributed by atoms with Gasteiger partial charge in [0.2, 0.25) is 0 Å². The van der Waals surface area contributed by atoms with Gasteiger partial charge in [-0.2, -0.15) is 10.4 Å². The Morgan fingerprint density at radius 2 is 1.85 bits per heavy atom. The first-order valence-electron chi connectivity index (χ1n) is 8.66. The summed E-state index contributed by atoms with van der Waals surface area (Å²) in [6, 6.07) is 19.6. The van der Waals surface area contributed by atoms with Crippen molar-refractivity contribution in [2.24, 2.45) is 0 Å². The number of aromatic nitrogens is 2. The largest absolute Gasteiger partial charge is 0.477 e. The highest BCUT2D eigenvalue weighted by Crippen LogP contribution is 2.25. The molecule has 1 heterocycles. The molecular weight excluding hydrogens is 338 g/mol. The number of aryl methyl sites for hydroxylation is 1. The van der Waals surface area contributed by atoms with Gasteiger partial charge in [-0.3, -0.25) is 4.68 Å². The lowest BCUT2D eigenvalue weighted by Gasteiger charge is -2.02. The van der Waals surface area contributed by atoms with Crippen molar-refractivity contribution in [2.75, 3.05) is 0 Å². The minimum absolute atomic E-state index is 0.319. The zero-order chi connectivity index (χ0) is 19.2. The first-order chi connectivity index (χ1) is 13.1. The minimum atomic E-state index is -1.25. The van der Waals surface area contributed by atoms with Gasteiger partial charge in [-0.25, -0.2) is 4.79 Å². The van der Waals surface area contributed by atoms with Crippen LogP contribution in [0.4, 0.5) is 0 Å². The Bertz CT molecular complexity index is 1010. The Kier molecular flexibility index (Phi) is 5.48. The van der Waals surface area contributed by atoms with Crippen LogP contribution in [0, 0.1) is 11.3 Å². The summed E-state index contributed by atoms with van der Waals surface area (Å²) in [6.07, 6.45) is 4.09. The fourth-order valence-corrected chi connectivity index (χ4v) is 2.81. The Hall–Kier alpha value is -3.65. The number of carboxylic acid groups (broad SMARTS) is 1. The fourth-order valence-electron chi connectivity index (χ4n) is 2.81. The van der Waals surface area contributed by atoms with Crippen molar-refractivity contribution in [1.29, 1.82) is 5.26 Å². The lowest BCUT2D eigenvalue weighted by molar-refractivity contribution is -0.132. The van der Waals surface area contributed by atoms with E-state index in [1.54, 1.807) is 16.9 Å². The third kappa shape index (κ3) is 4.31. The van der Waals surface area contributed by atoms with Crippen molar-refractivity contribution in [3.05, 3.63) is 83.1 Å². The molecule has 5 heteroatoms. The fraction of sp³-hybridized carbons (Fsp3) is 0.136. The molecule has 3 rings (SSSR count). The van der Waals surface area contributed by atoms with Crippen molar-refractivity contribution < 1.29 is 9.90 Å². The SMILES string of the molecule is CCc1ccc(-c2nn(Cc3ccccc3)cc2/C=C(\C#N)C(=O)O)cc1. The molecule has 0 amide bonds. The number of hydrogen-bond acceptors (Lipinski definition) is 3. The number of nitriles is 1. The predicted octanol–water partition coefficient (Wildman–Crippen LogP) is 4.15. The smallest absolute Gasteiger partial charge is 0.346 e. The molecule has 0 radical (unpaired) electrons. The summed E-state index contributed by atoms with van der Waals surface area (Å²) in [5.74, 6) is -1.25. The molecule has 0 spiro atoms. The third-order valence-corrected chi connectivity index (χ3v) is 4.26. The second-order valence-electron chi connectivity index (χ2n) is 6.14. The molecule has 0 atom stereocenters. The van der Waals surface area contributed by atoms with E-state index in [9.17, 15) is 9.90 Å². The summed E-state index contributed by atoms with van der Waals surface area (Å²) in [7, 11) is 0. The second kappa shape index (κ2) is 8.15. The standard InChI is InChI=1S/C22H19N3O2/c1-2-16-8-10-18(11-9-16)21-20(12-19(13-23)22(26)27)15-25(24-21)14-17-6-4-3-5-7-17/h3-12,15H,2,14H2,1H3,(H,26,27)/b19-12+. The molecule has 0 unspecified atom stereocenters. The van der Waals surface area contributed by atoms with Gasteiger partial charge >= 0.3 is 5.97 Å². The van der Waals surface area contributed by atoms with E-state index < -0.39 is 5.97 Å². The van der Waals surface area contributed by atoms with Gasteiger partial charge < -0.3 is 5.11 Å². The summed E-state index contributed by atoms with van der Waals surface area (Å²) in [5, 5.41) is 22.9. The molecule has 0 bridgehead atoms. The van der Waals surface area contributed by atoms with Crippen LogP contribution in [0.3, 0.4) is 0 Å². The summed E-state index contributed by atoms with van der Waals surface area (Å²) in [6.45, 7) is 2.65. The molecule has 1 N–H and O–H groups in total. The van der Waals surface area contributed by atoms with Crippen LogP contribution in [-0.4, -0.2) is 20.9 Å². The van der Waals surface area contributed by atoms with Gasteiger partial charge in [-0.15, -0.1) is 0 Å². The van der Waals surface area contributed by atoms with E-state index >= 15 is 0 Å². The quantitative estimate of drug-likeness (QED) is 0.531. The molecule has 134 valence electrons. The molecule has 3 aromatic rings. The number of benzene rings is 2. The maximum Gasteiger partial charge on any atom is 0.346 e. The highest BCUT2D eigenvalue weighted by atomic mass is 16.4. The average Bonchev–Trinajstić information content (AvgIpc) is 3.09. The second-order valence-corrected chi connectivity index (χ2v) is 6.14. The van der Waals surface area contributed by atoms with E-state index in [-0.39, 0.29) is 5.57 Å². The van der Waals surface area contributed by atoms with Crippen LogP contribution in [0.15, 0.2) is 66.4 Å². The van der Waals surface area contributed by atoms with Crippen molar-refractivity contribution in [1.82, 2.24) is 9.78 Å². The molecular formula is C22H19N3O2. The summed E-state index contributed by atoms with van der Waals surface area (Å²) in [4.78, 5) is 11.2. The first-order valence-corrected chi connectivity index (χ1v) is 8.66. The van der Waals surface area contributed by atoms with Gasteiger partial charge in [0.25, 0.3) is 0 Å². The van der Waals surface area contributed by atoms with E-state index in [2.05, 4.69) is 12.0 Å². The summed E-state index contributed by atoms with van der Waals surface area (Å²) < 4.78 is 1.76. The highest BCUT2D eigenvalue weighted by Gasteiger charge is 2.14. The number of hydrogen-bond donors (Lipinski definition) is 1. The Morgan fingerprint density at radius 1 is 1.15 bits per heavy atom. The lowest BCUT2D eigenvalue weighted by atomic mass is 10.0. The molecule has 1 aromatic heterocycles. The normalized spacial score (nSPS) is 11.2. The Morgan fingerprint density at radius 3 is 2.44 bits per heavy atom. The molecule has 2 aromatic carbocycles. The van der Waals surface area contributed by atoms with E-state index in [1.165, 1.54) is 11.6 Å². The van der Waals surface area contributed by atoms with Crippen LogP contribution in [0.2, 0.25) is 0 Å². The van der Waals surface area contributed by atoms with Crippen LogP contribution >= 0.6 is 0 Å². The van der Waals surface area contributed by atoms with Gasteiger partial charge in [0.1, 0.15) is 11.6 Å². The van der Waals surface area contributed by atoms with Crippen LogP contribution in [0.1, 0.15) is 23.6 Å². The molecule has 0 fully saturated rings. The summed E-state index contributed by atoms with van der Waals surface area (Å²) >= 11 is 0. The van der Waals surface area contributed by atoms with Crippen LogP contribution in [0.25, 0.3) is 17.3 Å². The number of aliphatic carboxylic acids is 1. The zero-order valence-corrected chi connectivity index (χ0v) is 15.0. The lowest BCUT2D eigenvalue weighted by Crippen LogP contribution is -2.00. The summed E-state index contributed by atoms with van der Waals surface area (Å²) in [5.41, 5.74) is 4.12. The van der Waals surface area contributed by atoms with Gasteiger partial charge in [-0.1, -0.05) is 61.5 Å². The predicted molar refractivity (Wildman–Crippen MR) is 104 cm³/mol.